The van der Waals surface area contributed by atoms with Crippen LogP contribution < -0.4 is 0 Å². The third-order valence-electron chi connectivity index (χ3n) is 5.02. The number of piperazine rings is 1. The van der Waals surface area contributed by atoms with Gasteiger partial charge in [-0.15, -0.1) is 11.8 Å². The van der Waals surface area contributed by atoms with Crippen molar-refractivity contribution in [3.05, 3.63) is 70.6 Å². The van der Waals surface area contributed by atoms with Gasteiger partial charge in [-0.2, -0.15) is 4.31 Å². The van der Waals surface area contributed by atoms with Gasteiger partial charge in [0.1, 0.15) is 0 Å². The second-order valence-electron chi connectivity index (χ2n) is 7.07. The Bertz CT molecular complexity index is 980. The zero-order valence-electron chi connectivity index (χ0n) is 16.7. The van der Waals surface area contributed by atoms with Crippen molar-refractivity contribution in [2.75, 3.05) is 31.9 Å². The zero-order valence-corrected chi connectivity index (χ0v) is 18.4. The number of hydrogen-bond acceptors (Lipinski definition) is 4. The Balaban J connectivity index is 1.50. The van der Waals surface area contributed by atoms with Crippen molar-refractivity contribution in [3.63, 3.8) is 0 Å². The number of rotatable bonds is 6. The third kappa shape index (κ3) is 5.95. The lowest BCUT2D eigenvalue weighted by atomic mass is 10.1. The molecule has 29 heavy (non-hydrogen) atoms. The predicted octanol–water partition coefficient (Wildman–Crippen LogP) is 3.54. The van der Waals surface area contributed by atoms with Crippen LogP contribution in [0, 0.1) is 13.8 Å². The third-order valence-corrected chi connectivity index (χ3v) is 7.57. The highest BCUT2D eigenvalue weighted by molar-refractivity contribution is 8.00. The molecule has 1 aliphatic heterocycles. The average molecular weight is 431 g/mol. The number of amides is 1. The summed E-state index contributed by atoms with van der Waals surface area (Å²) in [5.41, 5.74) is 3.29. The molecule has 1 saturated heterocycles. The van der Waals surface area contributed by atoms with Gasteiger partial charge in [0, 0.05) is 36.5 Å². The molecular formula is C22H26N2O3S2. The number of benzene rings is 2. The Labute approximate surface area is 177 Å². The van der Waals surface area contributed by atoms with Crippen molar-refractivity contribution < 1.29 is 13.2 Å². The molecule has 2 aromatic rings. The Hall–Kier alpha value is -2.09. The van der Waals surface area contributed by atoms with Gasteiger partial charge < -0.3 is 4.90 Å². The molecule has 3 rings (SSSR count). The summed E-state index contributed by atoms with van der Waals surface area (Å²) in [5, 5.41) is 1.25. The number of nitrogens with zero attached hydrogens (tertiary/aromatic N) is 2. The van der Waals surface area contributed by atoms with Crippen molar-refractivity contribution in [1.82, 2.24) is 9.21 Å². The fraction of sp³-hybridized carbons (Fsp3) is 0.318. The lowest BCUT2D eigenvalue weighted by Gasteiger charge is -2.33. The Kier molecular flexibility index (Phi) is 7.16. The van der Waals surface area contributed by atoms with Crippen LogP contribution in [-0.4, -0.2) is 55.5 Å². The van der Waals surface area contributed by atoms with E-state index >= 15 is 0 Å². The number of sulfonamides is 1. The summed E-state index contributed by atoms with van der Waals surface area (Å²) >= 11 is 1.52. The molecule has 1 aliphatic rings. The normalized spacial score (nSPS) is 15.7. The van der Waals surface area contributed by atoms with Crippen LogP contribution in [0.1, 0.15) is 16.7 Å². The first-order chi connectivity index (χ1) is 13.8. The van der Waals surface area contributed by atoms with E-state index in [1.807, 2.05) is 36.4 Å². The van der Waals surface area contributed by atoms with Gasteiger partial charge in [0.2, 0.25) is 15.9 Å². The molecule has 0 unspecified atom stereocenters. The van der Waals surface area contributed by atoms with Gasteiger partial charge in [0.15, 0.2) is 0 Å². The highest BCUT2D eigenvalue weighted by Gasteiger charge is 2.27. The molecule has 5 nitrogen and oxygen atoms in total. The highest BCUT2D eigenvalue weighted by atomic mass is 32.2. The monoisotopic (exact) mass is 430 g/mol. The molecule has 1 heterocycles. The van der Waals surface area contributed by atoms with E-state index in [2.05, 4.69) is 26.0 Å². The van der Waals surface area contributed by atoms with E-state index in [1.165, 1.54) is 32.6 Å². The van der Waals surface area contributed by atoms with Gasteiger partial charge in [0.05, 0.1) is 5.75 Å². The second kappa shape index (κ2) is 9.61. The molecule has 0 N–H and O–H groups in total. The van der Waals surface area contributed by atoms with Crippen LogP contribution in [0.4, 0.5) is 0 Å². The number of aryl methyl sites for hydroxylation is 2. The highest BCUT2D eigenvalue weighted by Crippen LogP contribution is 2.22. The molecule has 0 saturated carbocycles. The Morgan fingerprint density at radius 1 is 1.00 bits per heavy atom. The summed E-state index contributed by atoms with van der Waals surface area (Å²) in [5.74, 6) is 0.411. The van der Waals surface area contributed by atoms with E-state index in [9.17, 15) is 13.2 Å². The summed E-state index contributed by atoms with van der Waals surface area (Å²) in [4.78, 5) is 15.3. The summed E-state index contributed by atoms with van der Waals surface area (Å²) in [6, 6.07) is 15.5. The van der Waals surface area contributed by atoms with E-state index in [4.69, 9.17) is 0 Å². The standard InChI is InChI=1S/C22H26N2O3S2/c1-18-8-9-21(16-19(18)2)28-17-22(25)23-11-13-24(14-12-23)29(26,27)15-10-20-6-4-3-5-7-20/h3-10,15-16H,11-14,17H2,1-2H3/b15-10+. The number of carbonyl (C=O) groups excluding carboxylic acids is 1. The van der Waals surface area contributed by atoms with Crippen LogP contribution in [0.2, 0.25) is 0 Å². The molecule has 0 atom stereocenters. The molecule has 2 aromatic carbocycles. The van der Waals surface area contributed by atoms with Crippen molar-refractivity contribution in [3.8, 4) is 0 Å². The van der Waals surface area contributed by atoms with Crippen LogP contribution in [0.15, 0.2) is 58.8 Å². The summed E-state index contributed by atoms with van der Waals surface area (Å²) in [6.07, 6.45) is 1.60. The van der Waals surface area contributed by atoms with Crippen LogP contribution in [-0.2, 0) is 14.8 Å². The number of carbonyl (C=O) groups is 1. The van der Waals surface area contributed by atoms with Crippen LogP contribution in [0.5, 0.6) is 0 Å². The largest absolute Gasteiger partial charge is 0.339 e. The summed E-state index contributed by atoms with van der Waals surface area (Å²) in [6.45, 7) is 5.61. The van der Waals surface area contributed by atoms with E-state index in [0.29, 0.717) is 31.9 Å². The fourth-order valence-electron chi connectivity index (χ4n) is 3.05. The maximum atomic E-state index is 12.5. The van der Waals surface area contributed by atoms with Gasteiger partial charge in [-0.05, 0) is 48.7 Å². The fourth-order valence-corrected chi connectivity index (χ4v) is 5.12. The lowest BCUT2D eigenvalue weighted by molar-refractivity contribution is -0.129. The molecule has 0 bridgehead atoms. The molecule has 1 amide bonds. The topological polar surface area (TPSA) is 57.7 Å². The van der Waals surface area contributed by atoms with E-state index in [0.717, 1.165) is 10.5 Å². The van der Waals surface area contributed by atoms with Crippen molar-refractivity contribution >= 4 is 33.8 Å². The maximum absolute atomic E-state index is 12.5. The first-order valence-corrected chi connectivity index (χ1v) is 12.1. The minimum atomic E-state index is -3.49. The van der Waals surface area contributed by atoms with Crippen LogP contribution in [0.25, 0.3) is 6.08 Å². The summed E-state index contributed by atoms with van der Waals surface area (Å²) in [7, 11) is -3.49. The number of hydrogen-bond donors (Lipinski definition) is 0. The summed E-state index contributed by atoms with van der Waals surface area (Å²) < 4.78 is 26.5. The van der Waals surface area contributed by atoms with E-state index in [-0.39, 0.29) is 5.91 Å². The Morgan fingerprint density at radius 3 is 2.34 bits per heavy atom. The average Bonchev–Trinajstić information content (AvgIpc) is 2.74. The molecule has 0 aromatic heterocycles. The predicted molar refractivity (Wildman–Crippen MR) is 119 cm³/mol. The van der Waals surface area contributed by atoms with Gasteiger partial charge in [0.25, 0.3) is 0 Å². The molecule has 0 radical (unpaired) electrons. The van der Waals surface area contributed by atoms with Crippen molar-refractivity contribution in [2.24, 2.45) is 0 Å². The lowest BCUT2D eigenvalue weighted by Crippen LogP contribution is -2.50. The van der Waals surface area contributed by atoms with Crippen molar-refractivity contribution in [1.29, 1.82) is 0 Å². The zero-order chi connectivity index (χ0) is 20.9. The van der Waals surface area contributed by atoms with Crippen LogP contribution in [0.3, 0.4) is 0 Å². The minimum absolute atomic E-state index is 0.0464. The quantitative estimate of drug-likeness (QED) is 0.658. The van der Waals surface area contributed by atoms with E-state index in [1.54, 1.807) is 11.0 Å². The SMILES string of the molecule is Cc1ccc(SCC(=O)N2CCN(S(=O)(=O)/C=C/c3ccccc3)CC2)cc1C. The first-order valence-electron chi connectivity index (χ1n) is 9.56. The van der Waals surface area contributed by atoms with Gasteiger partial charge in [-0.3, -0.25) is 4.79 Å². The van der Waals surface area contributed by atoms with Gasteiger partial charge >= 0.3 is 0 Å². The molecule has 0 spiro atoms. The molecule has 1 fully saturated rings. The number of thioether (sulfide) groups is 1. The Morgan fingerprint density at radius 2 is 1.69 bits per heavy atom. The van der Waals surface area contributed by atoms with Crippen LogP contribution >= 0.6 is 11.8 Å². The minimum Gasteiger partial charge on any atom is -0.339 e. The van der Waals surface area contributed by atoms with E-state index < -0.39 is 10.0 Å². The second-order valence-corrected chi connectivity index (χ2v) is 9.94. The van der Waals surface area contributed by atoms with Gasteiger partial charge in [-0.25, -0.2) is 8.42 Å². The van der Waals surface area contributed by atoms with Crippen molar-refractivity contribution in [2.45, 2.75) is 18.7 Å². The molecule has 0 aliphatic carbocycles. The smallest absolute Gasteiger partial charge is 0.236 e. The maximum Gasteiger partial charge on any atom is 0.236 e. The molecular weight excluding hydrogens is 404 g/mol. The first kappa shape index (κ1) is 21.6. The molecule has 154 valence electrons. The molecule has 7 heteroatoms. The van der Waals surface area contributed by atoms with Gasteiger partial charge in [-0.1, -0.05) is 36.4 Å².